The van der Waals surface area contributed by atoms with E-state index in [1.54, 1.807) is 0 Å². The van der Waals surface area contributed by atoms with E-state index < -0.39 is 0 Å². The first kappa shape index (κ1) is 14.1. The molecule has 0 saturated carbocycles. The van der Waals surface area contributed by atoms with Gasteiger partial charge in [-0.25, -0.2) is 0 Å². The zero-order valence-corrected chi connectivity index (χ0v) is 9.99. The Hall–Kier alpha value is -0.900. The molecule has 0 aliphatic heterocycles. The van der Waals surface area contributed by atoms with Crippen LogP contribution in [0, 0.1) is 5.92 Å². The predicted molar refractivity (Wildman–Crippen MR) is 63.8 cm³/mol. The predicted octanol–water partition coefficient (Wildman–Crippen LogP) is 1.09. The molecule has 4 N–H and O–H groups in total. The van der Waals surface area contributed by atoms with Crippen molar-refractivity contribution in [2.45, 2.75) is 46.1 Å². The topological polar surface area (TPSA) is 81.5 Å². The van der Waals surface area contributed by atoms with Crippen LogP contribution in [0.5, 0.6) is 0 Å². The van der Waals surface area contributed by atoms with Crippen LogP contribution >= 0.6 is 0 Å². The fourth-order valence-corrected chi connectivity index (χ4v) is 1.09. The Balaban J connectivity index is 3.74. The van der Waals surface area contributed by atoms with Gasteiger partial charge >= 0.3 is 0 Å². The first-order valence-electron chi connectivity index (χ1n) is 5.54. The third kappa shape index (κ3) is 6.23. The molecule has 0 rings (SSSR count). The minimum atomic E-state index is -0.343. The minimum Gasteiger partial charge on any atom is -0.387 e. The summed E-state index contributed by atoms with van der Waals surface area (Å²) in [5.41, 5.74) is 11.3. The van der Waals surface area contributed by atoms with E-state index in [-0.39, 0.29) is 11.8 Å². The van der Waals surface area contributed by atoms with Crippen LogP contribution in [0.1, 0.15) is 40.0 Å². The van der Waals surface area contributed by atoms with Gasteiger partial charge in [-0.05, 0) is 26.2 Å². The lowest BCUT2D eigenvalue weighted by Gasteiger charge is -2.08. The molecule has 0 aromatic rings. The molecule has 15 heavy (non-hydrogen) atoms. The van der Waals surface area contributed by atoms with Crippen molar-refractivity contribution in [3.63, 3.8) is 0 Å². The molecule has 2 atom stereocenters. The first-order valence-corrected chi connectivity index (χ1v) is 5.54. The molecule has 0 amide bonds. The van der Waals surface area contributed by atoms with Crippen LogP contribution in [0.4, 0.5) is 0 Å². The number of Topliss-reactive ketones (excluding diaryl/α,β-unsaturated/α-hetero) is 1. The summed E-state index contributed by atoms with van der Waals surface area (Å²) in [6.45, 7) is 6.32. The molecule has 0 heterocycles. The van der Waals surface area contributed by atoms with Gasteiger partial charge in [0.2, 0.25) is 0 Å². The van der Waals surface area contributed by atoms with E-state index >= 15 is 0 Å². The van der Waals surface area contributed by atoms with Crippen molar-refractivity contribution in [1.82, 2.24) is 0 Å². The van der Waals surface area contributed by atoms with Gasteiger partial charge in [-0.2, -0.15) is 0 Å². The van der Waals surface area contributed by atoms with Crippen molar-refractivity contribution in [3.05, 3.63) is 0 Å². The average Bonchev–Trinajstić information content (AvgIpc) is 2.22. The van der Waals surface area contributed by atoms with Gasteiger partial charge in [-0.1, -0.05) is 13.8 Å². The lowest BCUT2D eigenvalue weighted by atomic mass is 10.1. The largest absolute Gasteiger partial charge is 0.387 e. The molecule has 88 valence electrons. The van der Waals surface area contributed by atoms with Gasteiger partial charge < -0.3 is 11.5 Å². The molecule has 0 fully saturated rings. The Morgan fingerprint density at radius 1 is 1.47 bits per heavy atom. The standard InChI is InChI=1S/C11H23N3O/c1-4-8(2)11(13)14-7-5-6-10(12)9(3)15/h8,10H,4-7,12H2,1-3H3,(H2,13,14). The highest BCUT2D eigenvalue weighted by atomic mass is 16.1. The lowest BCUT2D eigenvalue weighted by Crippen LogP contribution is -2.28. The number of ketones is 1. The number of hydrogen-bond acceptors (Lipinski definition) is 3. The summed E-state index contributed by atoms with van der Waals surface area (Å²) in [5.74, 6) is 1.08. The van der Waals surface area contributed by atoms with Crippen molar-refractivity contribution in [3.8, 4) is 0 Å². The monoisotopic (exact) mass is 213 g/mol. The summed E-state index contributed by atoms with van der Waals surface area (Å²) < 4.78 is 0. The summed E-state index contributed by atoms with van der Waals surface area (Å²) in [4.78, 5) is 15.1. The van der Waals surface area contributed by atoms with Crippen molar-refractivity contribution >= 4 is 11.6 Å². The van der Waals surface area contributed by atoms with E-state index in [2.05, 4.69) is 18.8 Å². The summed E-state index contributed by atoms with van der Waals surface area (Å²) in [7, 11) is 0. The quantitative estimate of drug-likeness (QED) is 0.377. The molecule has 4 heteroatoms. The summed E-state index contributed by atoms with van der Waals surface area (Å²) in [5, 5.41) is 0. The van der Waals surface area contributed by atoms with Crippen LogP contribution in [0.15, 0.2) is 4.99 Å². The zero-order valence-electron chi connectivity index (χ0n) is 9.99. The molecule has 0 aromatic carbocycles. The van der Waals surface area contributed by atoms with Crippen LogP contribution in [-0.2, 0) is 4.79 Å². The number of nitrogens with two attached hydrogens (primary N) is 2. The van der Waals surface area contributed by atoms with Gasteiger partial charge in [0.25, 0.3) is 0 Å². The normalized spacial score (nSPS) is 16.1. The van der Waals surface area contributed by atoms with Gasteiger partial charge in [-0.15, -0.1) is 0 Å². The van der Waals surface area contributed by atoms with Gasteiger partial charge in [0, 0.05) is 12.5 Å². The third-order valence-corrected chi connectivity index (χ3v) is 2.61. The highest BCUT2D eigenvalue weighted by molar-refractivity contribution is 5.82. The van der Waals surface area contributed by atoms with Gasteiger partial charge in [0.15, 0.2) is 0 Å². The second-order valence-corrected chi connectivity index (χ2v) is 3.98. The second-order valence-electron chi connectivity index (χ2n) is 3.98. The van der Waals surface area contributed by atoms with E-state index in [0.29, 0.717) is 24.7 Å². The van der Waals surface area contributed by atoms with Crippen LogP contribution < -0.4 is 11.5 Å². The Labute approximate surface area is 92.1 Å². The molecular weight excluding hydrogens is 190 g/mol. The number of hydrogen-bond donors (Lipinski definition) is 2. The summed E-state index contributed by atoms with van der Waals surface area (Å²) in [6.07, 6.45) is 2.51. The highest BCUT2D eigenvalue weighted by Crippen LogP contribution is 2.01. The van der Waals surface area contributed by atoms with Crippen molar-refractivity contribution in [2.75, 3.05) is 6.54 Å². The van der Waals surface area contributed by atoms with Crippen LogP contribution in [0.2, 0.25) is 0 Å². The van der Waals surface area contributed by atoms with E-state index in [9.17, 15) is 4.79 Å². The number of aliphatic imine (C=N–C) groups is 1. The highest BCUT2D eigenvalue weighted by Gasteiger charge is 2.07. The molecule has 0 aliphatic rings. The maximum Gasteiger partial charge on any atom is 0.146 e. The molecular formula is C11H23N3O. The van der Waals surface area contributed by atoms with Gasteiger partial charge in [-0.3, -0.25) is 9.79 Å². The number of rotatable bonds is 7. The first-order chi connectivity index (χ1) is 6.99. The van der Waals surface area contributed by atoms with Crippen LogP contribution in [0.25, 0.3) is 0 Å². The molecule has 0 saturated heterocycles. The minimum absolute atomic E-state index is 0.0360. The van der Waals surface area contributed by atoms with Crippen molar-refractivity contribution < 1.29 is 4.79 Å². The second kappa shape index (κ2) is 7.40. The van der Waals surface area contributed by atoms with Gasteiger partial charge in [0.05, 0.1) is 11.9 Å². The Morgan fingerprint density at radius 2 is 2.07 bits per heavy atom. The van der Waals surface area contributed by atoms with E-state index in [0.717, 1.165) is 12.8 Å². The Morgan fingerprint density at radius 3 is 2.53 bits per heavy atom. The third-order valence-electron chi connectivity index (χ3n) is 2.61. The number of carbonyl (C=O) groups is 1. The molecule has 4 nitrogen and oxygen atoms in total. The zero-order chi connectivity index (χ0) is 11.8. The summed E-state index contributed by atoms with van der Waals surface area (Å²) >= 11 is 0. The number of amidine groups is 1. The molecule has 2 unspecified atom stereocenters. The van der Waals surface area contributed by atoms with E-state index in [1.807, 2.05) is 0 Å². The van der Waals surface area contributed by atoms with E-state index in [4.69, 9.17) is 11.5 Å². The Kier molecular flexibility index (Phi) is 6.96. The van der Waals surface area contributed by atoms with Gasteiger partial charge in [0.1, 0.15) is 5.78 Å². The molecule has 0 aromatic heterocycles. The molecule has 0 spiro atoms. The van der Waals surface area contributed by atoms with E-state index in [1.165, 1.54) is 6.92 Å². The maximum absolute atomic E-state index is 10.8. The number of carbonyl (C=O) groups excluding carboxylic acids is 1. The SMILES string of the molecule is CCC(C)C(N)=NCCCC(N)C(C)=O. The number of nitrogens with zero attached hydrogens (tertiary/aromatic N) is 1. The fraction of sp³-hybridized carbons (Fsp3) is 0.818. The van der Waals surface area contributed by atoms with Crippen molar-refractivity contribution in [1.29, 1.82) is 0 Å². The van der Waals surface area contributed by atoms with Crippen LogP contribution in [0.3, 0.4) is 0 Å². The fourth-order valence-electron chi connectivity index (χ4n) is 1.09. The average molecular weight is 213 g/mol. The summed E-state index contributed by atoms with van der Waals surface area (Å²) in [6, 6.07) is -0.343. The lowest BCUT2D eigenvalue weighted by molar-refractivity contribution is -0.118. The Bertz CT molecular complexity index is 226. The molecule has 0 bridgehead atoms. The smallest absolute Gasteiger partial charge is 0.146 e. The van der Waals surface area contributed by atoms with Crippen LogP contribution in [-0.4, -0.2) is 24.2 Å². The molecule has 0 aliphatic carbocycles. The maximum atomic E-state index is 10.8. The van der Waals surface area contributed by atoms with Crippen molar-refractivity contribution in [2.24, 2.45) is 22.4 Å². The molecule has 0 radical (unpaired) electrons.